The van der Waals surface area contributed by atoms with Crippen LogP contribution in [0.4, 0.5) is 24.5 Å². The molecule has 0 fully saturated rings. The van der Waals surface area contributed by atoms with Crippen LogP contribution in [-0.4, -0.2) is 33.3 Å². The molecule has 2 N–H and O–H groups in total. The maximum Gasteiger partial charge on any atom is 0.246 e. The fourth-order valence-corrected chi connectivity index (χ4v) is 2.34. The number of amides is 1. The van der Waals surface area contributed by atoms with Gasteiger partial charge in [-0.2, -0.15) is 0 Å². The average Bonchev–Trinajstić information content (AvgIpc) is 2.67. The Bertz CT molecular complexity index is 821. The van der Waals surface area contributed by atoms with Gasteiger partial charge in [0.2, 0.25) is 11.7 Å². The molecule has 0 bridgehead atoms. The topological polar surface area (TPSA) is 68.8 Å². The third kappa shape index (κ3) is 4.36. The molecular formula is C18H19F3N2O4. The van der Waals surface area contributed by atoms with E-state index in [1.54, 1.807) is 12.1 Å². The van der Waals surface area contributed by atoms with Crippen LogP contribution in [0.15, 0.2) is 24.3 Å². The first-order valence-electron chi connectivity index (χ1n) is 7.83. The summed E-state index contributed by atoms with van der Waals surface area (Å²) in [5.74, 6) is -3.99. The fraction of sp³-hybridized carbons (Fsp3) is 0.278. The Kier molecular flexibility index (Phi) is 6.38. The zero-order chi connectivity index (χ0) is 20.1. The van der Waals surface area contributed by atoms with E-state index in [9.17, 15) is 18.0 Å². The zero-order valence-corrected chi connectivity index (χ0v) is 15.2. The molecule has 0 aromatic heterocycles. The molecule has 0 saturated carbocycles. The van der Waals surface area contributed by atoms with Crippen molar-refractivity contribution in [2.24, 2.45) is 0 Å². The quantitative estimate of drug-likeness (QED) is 0.715. The molecule has 0 heterocycles. The summed E-state index contributed by atoms with van der Waals surface area (Å²) in [5, 5.41) is 5.10. The summed E-state index contributed by atoms with van der Waals surface area (Å²) in [7, 11) is 4.35. The zero-order valence-electron chi connectivity index (χ0n) is 15.2. The summed E-state index contributed by atoms with van der Waals surface area (Å²) >= 11 is 0. The van der Waals surface area contributed by atoms with E-state index in [0.29, 0.717) is 22.9 Å². The van der Waals surface area contributed by atoms with Gasteiger partial charge in [-0.05, 0) is 19.1 Å². The highest BCUT2D eigenvalue weighted by atomic mass is 19.2. The summed E-state index contributed by atoms with van der Waals surface area (Å²) in [6.07, 6.45) is 0. The Labute approximate surface area is 154 Å². The molecule has 2 aromatic carbocycles. The molecule has 6 nitrogen and oxygen atoms in total. The number of ether oxygens (including phenoxy) is 3. The van der Waals surface area contributed by atoms with E-state index >= 15 is 0 Å². The lowest BCUT2D eigenvalue weighted by Crippen LogP contribution is -2.32. The minimum Gasteiger partial charge on any atom is -0.493 e. The Morgan fingerprint density at radius 2 is 1.56 bits per heavy atom. The van der Waals surface area contributed by atoms with Gasteiger partial charge in [0.1, 0.15) is 6.04 Å². The molecule has 2 aromatic rings. The van der Waals surface area contributed by atoms with Crippen molar-refractivity contribution in [3.05, 3.63) is 41.7 Å². The van der Waals surface area contributed by atoms with Crippen molar-refractivity contribution in [1.29, 1.82) is 0 Å². The Hall–Kier alpha value is -3.10. The van der Waals surface area contributed by atoms with E-state index in [1.165, 1.54) is 28.3 Å². The van der Waals surface area contributed by atoms with Crippen LogP contribution in [0.5, 0.6) is 17.2 Å². The lowest BCUT2D eigenvalue weighted by molar-refractivity contribution is -0.116. The Balaban J connectivity index is 2.18. The highest BCUT2D eigenvalue weighted by Gasteiger charge is 2.20. The van der Waals surface area contributed by atoms with Crippen molar-refractivity contribution < 1.29 is 32.2 Å². The molecule has 1 unspecified atom stereocenters. The fourth-order valence-electron chi connectivity index (χ4n) is 2.34. The predicted octanol–water partition coefficient (Wildman–Crippen LogP) is 3.57. The minimum absolute atomic E-state index is 0.374. The molecule has 0 aliphatic carbocycles. The molecule has 0 aliphatic rings. The number of hydrogen-bond donors (Lipinski definition) is 2. The second-order valence-corrected chi connectivity index (χ2v) is 5.49. The standard InChI is InChI=1S/C18H19F3N2O4/c1-9(18(24)23-12-6-5-11(19)15(20)16(12)21)22-10-7-13(25-2)17(27-4)14(8-10)26-3/h5-9,22H,1-4H3,(H,23,24). The number of carbonyl (C=O) groups is 1. The third-order valence-electron chi connectivity index (χ3n) is 3.73. The van der Waals surface area contributed by atoms with Crippen LogP contribution in [0.2, 0.25) is 0 Å². The number of carbonyl (C=O) groups excluding carboxylic acids is 1. The SMILES string of the molecule is COc1cc(NC(C)C(=O)Nc2ccc(F)c(F)c2F)cc(OC)c1OC. The van der Waals surface area contributed by atoms with Gasteiger partial charge in [-0.25, -0.2) is 13.2 Å². The molecule has 0 radical (unpaired) electrons. The van der Waals surface area contributed by atoms with Gasteiger partial charge < -0.3 is 24.8 Å². The molecule has 0 saturated heterocycles. The summed E-state index contributed by atoms with van der Waals surface area (Å²) < 4.78 is 55.6. The van der Waals surface area contributed by atoms with E-state index in [1.807, 2.05) is 0 Å². The van der Waals surface area contributed by atoms with Crippen LogP contribution in [0.1, 0.15) is 6.92 Å². The van der Waals surface area contributed by atoms with Crippen LogP contribution >= 0.6 is 0 Å². The summed E-state index contributed by atoms with van der Waals surface area (Å²) in [4.78, 5) is 12.3. The first kappa shape index (κ1) is 20.2. The lowest BCUT2D eigenvalue weighted by Gasteiger charge is -2.18. The highest BCUT2D eigenvalue weighted by Crippen LogP contribution is 2.40. The van der Waals surface area contributed by atoms with Gasteiger partial charge in [0.05, 0.1) is 27.0 Å². The number of hydrogen-bond acceptors (Lipinski definition) is 5. The van der Waals surface area contributed by atoms with Crippen molar-refractivity contribution in [1.82, 2.24) is 0 Å². The van der Waals surface area contributed by atoms with Crippen molar-refractivity contribution in [3.63, 3.8) is 0 Å². The van der Waals surface area contributed by atoms with Crippen LogP contribution < -0.4 is 24.8 Å². The normalized spacial score (nSPS) is 11.5. The maximum atomic E-state index is 13.7. The molecule has 27 heavy (non-hydrogen) atoms. The van der Waals surface area contributed by atoms with Gasteiger partial charge in [-0.15, -0.1) is 0 Å². The number of methoxy groups -OCH3 is 3. The summed E-state index contributed by atoms with van der Waals surface area (Å²) in [6.45, 7) is 1.51. The average molecular weight is 384 g/mol. The van der Waals surface area contributed by atoms with Crippen molar-refractivity contribution in [3.8, 4) is 17.2 Å². The number of rotatable bonds is 7. The number of benzene rings is 2. The van der Waals surface area contributed by atoms with Gasteiger partial charge >= 0.3 is 0 Å². The largest absolute Gasteiger partial charge is 0.493 e. The van der Waals surface area contributed by atoms with Crippen molar-refractivity contribution in [2.75, 3.05) is 32.0 Å². The molecule has 2 rings (SSSR count). The molecule has 9 heteroatoms. The van der Waals surface area contributed by atoms with Crippen LogP contribution in [0, 0.1) is 17.5 Å². The Morgan fingerprint density at radius 3 is 2.07 bits per heavy atom. The van der Waals surface area contributed by atoms with E-state index < -0.39 is 35.1 Å². The second-order valence-electron chi connectivity index (χ2n) is 5.49. The van der Waals surface area contributed by atoms with E-state index in [4.69, 9.17) is 14.2 Å². The lowest BCUT2D eigenvalue weighted by atomic mass is 10.2. The van der Waals surface area contributed by atoms with Crippen LogP contribution in [0.3, 0.4) is 0 Å². The molecule has 146 valence electrons. The molecule has 1 amide bonds. The minimum atomic E-state index is -1.65. The predicted molar refractivity (Wildman–Crippen MR) is 94.1 cm³/mol. The monoisotopic (exact) mass is 384 g/mol. The molecule has 1 atom stereocenters. The number of nitrogens with one attached hydrogen (secondary N) is 2. The third-order valence-corrected chi connectivity index (χ3v) is 3.73. The maximum absolute atomic E-state index is 13.7. The van der Waals surface area contributed by atoms with Crippen molar-refractivity contribution in [2.45, 2.75) is 13.0 Å². The van der Waals surface area contributed by atoms with E-state index in [-0.39, 0.29) is 0 Å². The summed E-state index contributed by atoms with van der Waals surface area (Å²) in [5.41, 5.74) is 0.00958. The first-order valence-corrected chi connectivity index (χ1v) is 7.83. The van der Waals surface area contributed by atoms with Gasteiger partial charge in [0.15, 0.2) is 29.0 Å². The molecule has 0 aliphatic heterocycles. The highest BCUT2D eigenvalue weighted by molar-refractivity contribution is 5.96. The molecule has 0 spiro atoms. The first-order chi connectivity index (χ1) is 12.8. The second kappa shape index (κ2) is 8.52. The van der Waals surface area contributed by atoms with Gasteiger partial charge in [-0.1, -0.05) is 0 Å². The van der Waals surface area contributed by atoms with E-state index in [2.05, 4.69) is 10.6 Å². The van der Waals surface area contributed by atoms with Gasteiger partial charge in [-0.3, -0.25) is 4.79 Å². The Morgan fingerprint density at radius 1 is 0.963 bits per heavy atom. The molecular weight excluding hydrogens is 365 g/mol. The van der Waals surface area contributed by atoms with E-state index in [0.717, 1.165) is 12.1 Å². The van der Waals surface area contributed by atoms with Gasteiger partial charge in [0, 0.05) is 17.8 Å². The van der Waals surface area contributed by atoms with Crippen LogP contribution in [0.25, 0.3) is 0 Å². The smallest absolute Gasteiger partial charge is 0.246 e. The summed E-state index contributed by atoms with van der Waals surface area (Å²) in [6, 6.07) is 4.00. The number of anilines is 2. The van der Waals surface area contributed by atoms with Crippen LogP contribution in [-0.2, 0) is 4.79 Å². The van der Waals surface area contributed by atoms with Gasteiger partial charge in [0.25, 0.3) is 0 Å². The van der Waals surface area contributed by atoms with Crippen molar-refractivity contribution >= 4 is 17.3 Å². The number of halogens is 3.